The highest BCUT2D eigenvalue weighted by Crippen LogP contribution is 2.42. The fourth-order valence-electron chi connectivity index (χ4n) is 2.88. The molecule has 17 heavy (non-hydrogen) atoms. The van der Waals surface area contributed by atoms with E-state index in [2.05, 4.69) is 11.4 Å². The third-order valence-electron chi connectivity index (χ3n) is 4.39. The van der Waals surface area contributed by atoms with Crippen LogP contribution < -0.4 is 5.32 Å². The van der Waals surface area contributed by atoms with Gasteiger partial charge >= 0.3 is 0 Å². The number of carbonyl (C=O) groups excluding carboxylic acids is 1. The van der Waals surface area contributed by atoms with Crippen molar-refractivity contribution in [2.24, 2.45) is 11.3 Å². The van der Waals surface area contributed by atoms with Crippen LogP contribution in [-0.2, 0) is 9.53 Å². The first kappa shape index (κ1) is 11.0. The minimum Gasteiger partial charge on any atom is -0.376 e. The lowest BCUT2D eigenvalue weighted by molar-refractivity contribution is -0.133. The Kier molecular flexibility index (Phi) is 2.59. The molecular formula is C13H18N2O2. The Morgan fingerprint density at radius 3 is 2.65 bits per heavy atom. The number of carbonyl (C=O) groups is 1. The zero-order valence-corrected chi connectivity index (χ0v) is 9.95. The Labute approximate surface area is 101 Å². The van der Waals surface area contributed by atoms with Gasteiger partial charge in [0.05, 0.1) is 18.2 Å². The van der Waals surface area contributed by atoms with Gasteiger partial charge in [-0.25, -0.2) is 0 Å². The van der Waals surface area contributed by atoms with Gasteiger partial charge in [0.1, 0.15) is 5.41 Å². The van der Waals surface area contributed by atoms with E-state index in [0.29, 0.717) is 5.92 Å². The van der Waals surface area contributed by atoms with E-state index in [1.807, 2.05) is 0 Å². The summed E-state index contributed by atoms with van der Waals surface area (Å²) in [5, 5.41) is 12.2. The fourth-order valence-corrected chi connectivity index (χ4v) is 2.88. The molecule has 4 nitrogen and oxygen atoms in total. The molecule has 2 aliphatic carbocycles. The van der Waals surface area contributed by atoms with Gasteiger partial charge in [-0.05, 0) is 44.4 Å². The fraction of sp³-hybridized carbons (Fsp3) is 0.846. The summed E-state index contributed by atoms with van der Waals surface area (Å²) in [7, 11) is 0. The van der Waals surface area contributed by atoms with E-state index in [9.17, 15) is 4.79 Å². The zero-order chi connectivity index (χ0) is 11.9. The molecule has 0 radical (unpaired) electrons. The number of nitriles is 1. The average Bonchev–Trinajstić information content (AvgIpc) is 3.00. The van der Waals surface area contributed by atoms with E-state index in [-0.39, 0.29) is 18.1 Å². The van der Waals surface area contributed by atoms with Gasteiger partial charge < -0.3 is 10.1 Å². The molecule has 1 N–H and O–H groups in total. The van der Waals surface area contributed by atoms with Crippen LogP contribution in [0.3, 0.4) is 0 Å². The molecular weight excluding hydrogens is 216 g/mol. The predicted octanol–water partition coefficient (Wildman–Crippen LogP) is 1.36. The molecule has 2 saturated carbocycles. The monoisotopic (exact) mass is 234 g/mol. The molecule has 3 fully saturated rings. The molecule has 1 heterocycles. The summed E-state index contributed by atoms with van der Waals surface area (Å²) in [6.45, 7) is 0.742. The lowest BCUT2D eigenvalue weighted by Crippen LogP contribution is -2.50. The second kappa shape index (κ2) is 3.99. The number of nitrogens with zero attached hydrogens (tertiary/aromatic N) is 1. The standard InChI is InChI=1S/C13H18N2O2/c14-8-13(5-1-6-13)12(16)15-10-4-7-17-11(10)9-2-3-9/h9-11H,1-7H2,(H,15,16). The van der Waals surface area contributed by atoms with Gasteiger partial charge in [-0.3, -0.25) is 4.79 Å². The van der Waals surface area contributed by atoms with E-state index in [0.717, 1.165) is 32.3 Å². The quantitative estimate of drug-likeness (QED) is 0.802. The topological polar surface area (TPSA) is 62.1 Å². The van der Waals surface area contributed by atoms with Crippen molar-refractivity contribution in [3.63, 3.8) is 0 Å². The molecule has 0 spiro atoms. The Hall–Kier alpha value is -1.08. The van der Waals surface area contributed by atoms with Crippen LogP contribution in [0.5, 0.6) is 0 Å². The summed E-state index contributed by atoms with van der Waals surface area (Å²) >= 11 is 0. The molecule has 2 unspecified atom stereocenters. The predicted molar refractivity (Wildman–Crippen MR) is 60.9 cm³/mol. The number of nitrogens with one attached hydrogen (secondary N) is 1. The molecule has 1 amide bonds. The SMILES string of the molecule is N#CC1(C(=O)NC2CCOC2C2CC2)CCC1. The second-order valence-corrected chi connectivity index (χ2v) is 5.59. The normalized spacial score (nSPS) is 34.8. The van der Waals surface area contributed by atoms with Crippen LogP contribution in [0.4, 0.5) is 0 Å². The van der Waals surface area contributed by atoms with Crippen molar-refractivity contribution in [1.29, 1.82) is 5.26 Å². The minimum absolute atomic E-state index is 0.0626. The van der Waals surface area contributed by atoms with Crippen molar-refractivity contribution in [2.45, 2.75) is 50.7 Å². The van der Waals surface area contributed by atoms with Crippen LogP contribution in [0.15, 0.2) is 0 Å². The molecule has 1 aliphatic heterocycles. The lowest BCUT2D eigenvalue weighted by atomic mass is 9.69. The Morgan fingerprint density at radius 2 is 2.12 bits per heavy atom. The van der Waals surface area contributed by atoms with Crippen molar-refractivity contribution in [3.05, 3.63) is 0 Å². The van der Waals surface area contributed by atoms with E-state index >= 15 is 0 Å². The minimum atomic E-state index is -0.726. The van der Waals surface area contributed by atoms with Crippen LogP contribution in [0.2, 0.25) is 0 Å². The van der Waals surface area contributed by atoms with E-state index in [1.54, 1.807) is 0 Å². The molecule has 0 bridgehead atoms. The largest absolute Gasteiger partial charge is 0.376 e. The smallest absolute Gasteiger partial charge is 0.240 e. The summed E-state index contributed by atoms with van der Waals surface area (Å²) in [5.41, 5.74) is -0.726. The molecule has 1 saturated heterocycles. The maximum absolute atomic E-state index is 12.1. The Morgan fingerprint density at radius 1 is 1.35 bits per heavy atom. The van der Waals surface area contributed by atoms with E-state index in [4.69, 9.17) is 10.00 Å². The zero-order valence-electron chi connectivity index (χ0n) is 9.95. The highest BCUT2D eigenvalue weighted by Gasteiger charge is 2.48. The van der Waals surface area contributed by atoms with Crippen molar-refractivity contribution >= 4 is 5.91 Å². The van der Waals surface area contributed by atoms with Crippen molar-refractivity contribution in [3.8, 4) is 6.07 Å². The third-order valence-corrected chi connectivity index (χ3v) is 4.39. The molecule has 0 aromatic rings. The van der Waals surface area contributed by atoms with E-state index in [1.165, 1.54) is 12.8 Å². The first-order chi connectivity index (χ1) is 8.25. The second-order valence-electron chi connectivity index (χ2n) is 5.59. The summed E-state index contributed by atoms with van der Waals surface area (Å²) in [6, 6.07) is 2.34. The Balaban J connectivity index is 1.62. The summed E-state index contributed by atoms with van der Waals surface area (Å²) in [5.74, 6) is 0.578. The first-order valence-electron chi connectivity index (χ1n) is 6.59. The Bertz CT molecular complexity index is 366. The van der Waals surface area contributed by atoms with Gasteiger partial charge in [-0.2, -0.15) is 5.26 Å². The number of ether oxygens (including phenoxy) is 1. The molecule has 0 aromatic heterocycles. The maximum atomic E-state index is 12.1. The van der Waals surface area contributed by atoms with Gasteiger partial charge in [-0.1, -0.05) is 0 Å². The summed E-state index contributed by atoms with van der Waals surface area (Å²) < 4.78 is 5.69. The van der Waals surface area contributed by atoms with Gasteiger partial charge in [0.2, 0.25) is 5.91 Å². The molecule has 0 aromatic carbocycles. The number of amides is 1. The number of hydrogen-bond donors (Lipinski definition) is 1. The number of hydrogen-bond acceptors (Lipinski definition) is 3. The van der Waals surface area contributed by atoms with Crippen LogP contribution in [0.1, 0.15) is 38.5 Å². The first-order valence-corrected chi connectivity index (χ1v) is 6.59. The molecule has 2 atom stereocenters. The summed E-state index contributed by atoms with van der Waals surface area (Å²) in [6.07, 6.45) is 5.98. The molecule has 3 rings (SSSR count). The number of rotatable bonds is 3. The van der Waals surface area contributed by atoms with Gasteiger partial charge in [0.25, 0.3) is 0 Å². The summed E-state index contributed by atoms with van der Waals surface area (Å²) in [4.78, 5) is 12.1. The molecule has 92 valence electrons. The van der Waals surface area contributed by atoms with Crippen molar-refractivity contribution in [1.82, 2.24) is 5.32 Å². The molecule has 4 heteroatoms. The van der Waals surface area contributed by atoms with E-state index < -0.39 is 5.41 Å². The van der Waals surface area contributed by atoms with Crippen LogP contribution >= 0.6 is 0 Å². The third kappa shape index (κ3) is 1.83. The van der Waals surface area contributed by atoms with Crippen LogP contribution in [0.25, 0.3) is 0 Å². The van der Waals surface area contributed by atoms with Gasteiger partial charge in [-0.15, -0.1) is 0 Å². The highest BCUT2D eigenvalue weighted by molar-refractivity contribution is 5.86. The van der Waals surface area contributed by atoms with Crippen LogP contribution in [0, 0.1) is 22.7 Å². The lowest BCUT2D eigenvalue weighted by Gasteiger charge is -2.35. The molecule has 3 aliphatic rings. The van der Waals surface area contributed by atoms with Gasteiger partial charge in [0, 0.05) is 6.61 Å². The van der Waals surface area contributed by atoms with Crippen molar-refractivity contribution in [2.75, 3.05) is 6.61 Å². The van der Waals surface area contributed by atoms with Crippen LogP contribution in [-0.4, -0.2) is 24.7 Å². The highest BCUT2D eigenvalue weighted by atomic mass is 16.5. The van der Waals surface area contributed by atoms with Gasteiger partial charge in [0.15, 0.2) is 0 Å². The average molecular weight is 234 g/mol. The maximum Gasteiger partial charge on any atom is 0.240 e. The van der Waals surface area contributed by atoms with Crippen molar-refractivity contribution < 1.29 is 9.53 Å².